The molecule has 1 aromatic heterocycles. The van der Waals surface area contributed by atoms with Gasteiger partial charge < -0.3 is 10.3 Å². The Bertz CT molecular complexity index is 381. The van der Waals surface area contributed by atoms with Gasteiger partial charge in [0.25, 0.3) is 0 Å². The topological polar surface area (TPSA) is 64.9 Å². The summed E-state index contributed by atoms with van der Waals surface area (Å²) in [5.41, 5.74) is 5.45. The van der Waals surface area contributed by atoms with Crippen molar-refractivity contribution in [2.24, 2.45) is 17.6 Å². The smallest absolute Gasteiger partial charge is 0.230 e. The highest BCUT2D eigenvalue weighted by Crippen LogP contribution is 2.60. The number of aromatic nitrogens is 2. The zero-order valence-electron chi connectivity index (χ0n) is 9.94. The van der Waals surface area contributed by atoms with Crippen molar-refractivity contribution < 1.29 is 4.52 Å². The first-order chi connectivity index (χ1) is 7.57. The predicted octanol–water partition coefficient (Wildman–Crippen LogP) is 2.17. The van der Waals surface area contributed by atoms with Gasteiger partial charge in [0, 0.05) is 5.92 Å². The molecule has 0 saturated heterocycles. The van der Waals surface area contributed by atoms with Crippen LogP contribution in [0.3, 0.4) is 0 Å². The molecule has 2 N–H and O–H groups in total. The minimum atomic E-state index is -0.498. The third kappa shape index (κ3) is 1.56. The summed E-state index contributed by atoms with van der Waals surface area (Å²) in [6.07, 6.45) is 5.39. The third-order valence-electron chi connectivity index (χ3n) is 3.96. The molecule has 2 fully saturated rings. The van der Waals surface area contributed by atoms with E-state index in [1.165, 1.54) is 25.7 Å². The molecule has 16 heavy (non-hydrogen) atoms. The van der Waals surface area contributed by atoms with Crippen molar-refractivity contribution in [1.29, 1.82) is 0 Å². The third-order valence-corrected chi connectivity index (χ3v) is 3.96. The summed E-state index contributed by atoms with van der Waals surface area (Å²) >= 11 is 0. The Kier molecular flexibility index (Phi) is 2.11. The van der Waals surface area contributed by atoms with Crippen molar-refractivity contribution >= 4 is 0 Å². The van der Waals surface area contributed by atoms with E-state index in [2.05, 4.69) is 10.1 Å². The van der Waals surface area contributed by atoms with Crippen LogP contribution in [0.2, 0.25) is 0 Å². The lowest BCUT2D eigenvalue weighted by atomic mass is 10.0. The molecule has 2 aliphatic rings. The van der Waals surface area contributed by atoms with Gasteiger partial charge in [-0.2, -0.15) is 4.98 Å². The van der Waals surface area contributed by atoms with E-state index in [1.807, 2.05) is 13.8 Å². The monoisotopic (exact) mass is 221 g/mol. The lowest BCUT2D eigenvalue weighted by molar-refractivity contribution is 0.356. The molecule has 88 valence electrons. The quantitative estimate of drug-likeness (QED) is 0.831. The summed E-state index contributed by atoms with van der Waals surface area (Å²) in [4.78, 5) is 4.46. The molecule has 2 unspecified atom stereocenters. The zero-order valence-corrected chi connectivity index (χ0v) is 9.94. The van der Waals surface area contributed by atoms with Crippen LogP contribution in [0.4, 0.5) is 0 Å². The Hall–Kier alpha value is -0.900. The van der Waals surface area contributed by atoms with Gasteiger partial charge in [0.05, 0.1) is 5.54 Å². The maximum atomic E-state index is 5.95. The number of hydrogen-bond acceptors (Lipinski definition) is 4. The van der Waals surface area contributed by atoms with Gasteiger partial charge in [-0.15, -0.1) is 0 Å². The van der Waals surface area contributed by atoms with Crippen LogP contribution in [0.5, 0.6) is 0 Å². The highest BCUT2D eigenvalue weighted by molar-refractivity contribution is 5.15. The maximum absolute atomic E-state index is 5.95. The summed E-state index contributed by atoms with van der Waals surface area (Å²) in [5.74, 6) is 3.61. The van der Waals surface area contributed by atoms with E-state index in [4.69, 9.17) is 10.3 Å². The van der Waals surface area contributed by atoms with E-state index < -0.39 is 5.54 Å². The highest BCUT2D eigenvalue weighted by atomic mass is 16.5. The molecule has 2 atom stereocenters. The molecule has 1 aromatic rings. The van der Waals surface area contributed by atoms with Crippen LogP contribution in [0, 0.1) is 11.8 Å². The van der Waals surface area contributed by atoms with Crippen LogP contribution < -0.4 is 5.73 Å². The van der Waals surface area contributed by atoms with E-state index in [9.17, 15) is 0 Å². The van der Waals surface area contributed by atoms with Gasteiger partial charge >= 0.3 is 0 Å². The molecule has 4 heteroatoms. The second kappa shape index (κ2) is 3.29. The van der Waals surface area contributed by atoms with Gasteiger partial charge in [-0.1, -0.05) is 18.0 Å². The standard InChI is InChI=1S/C12H19N3O/c1-12(2,13)11-14-10(16-15-11)9-7-5-3-4-6-8(7)9/h7-9H,3-6,13H2,1-2H3. The van der Waals surface area contributed by atoms with Crippen LogP contribution in [-0.2, 0) is 5.54 Å². The van der Waals surface area contributed by atoms with Gasteiger partial charge in [-0.3, -0.25) is 0 Å². The minimum Gasteiger partial charge on any atom is -0.339 e. The summed E-state index contributed by atoms with van der Waals surface area (Å²) in [5, 5.41) is 4.00. The Morgan fingerprint density at radius 1 is 1.25 bits per heavy atom. The van der Waals surface area contributed by atoms with Crippen molar-refractivity contribution in [1.82, 2.24) is 10.1 Å². The molecule has 0 bridgehead atoms. The van der Waals surface area contributed by atoms with Gasteiger partial charge in [-0.25, -0.2) is 0 Å². The maximum Gasteiger partial charge on any atom is 0.230 e. The van der Waals surface area contributed by atoms with Crippen molar-refractivity contribution in [3.63, 3.8) is 0 Å². The first-order valence-corrected chi connectivity index (χ1v) is 6.20. The molecule has 0 amide bonds. The van der Waals surface area contributed by atoms with Gasteiger partial charge in [-0.05, 0) is 38.5 Å². The summed E-state index contributed by atoms with van der Waals surface area (Å²) in [7, 11) is 0. The van der Waals surface area contributed by atoms with Gasteiger partial charge in [0.2, 0.25) is 5.89 Å². The van der Waals surface area contributed by atoms with E-state index in [0.29, 0.717) is 11.7 Å². The lowest BCUT2D eigenvalue weighted by Crippen LogP contribution is -2.30. The number of rotatable bonds is 2. The molecule has 4 nitrogen and oxygen atoms in total. The molecule has 0 radical (unpaired) electrons. The summed E-state index contributed by atoms with van der Waals surface area (Å²) < 4.78 is 5.37. The molecular formula is C12H19N3O. The van der Waals surface area contributed by atoms with Gasteiger partial charge in [0.15, 0.2) is 5.82 Å². The van der Waals surface area contributed by atoms with Crippen LogP contribution in [-0.4, -0.2) is 10.1 Å². The molecule has 0 aromatic carbocycles. The molecule has 0 spiro atoms. The average molecular weight is 221 g/mol. The fourth-order valence-corrected chi connectivity index (χ4v) is 2.99. The van der Waals surface area contributed by atoms with Crippen LogP contribution in [0.15, 0.2) is 4.52 Å². The molecule has 0 aliphatic heterocycles. The summed E-state index contributed by atoms with van der Waals surface area (Å²) in [6.45, 7) is 3.81. The second-order valence-corrected chi connectivity index (χ2v) is 5.82. The Morgan fingerprint density at radius 2 is 1.88 bits per heavy atom. The number of nitrogens with two attached hydrogens (primary N) is 1. The fourth-order valence-electron chi connectivity index (χ4n) is 2.99. The van der Waals surface area contributed by atoms with Crippen LogP contribution in [0.1, 0.15) is 57.2 Å². The van der Waals surface area contributed by atoms with E-state index in [0.717, 1.165) is 17.7 Å². The molecular weight excluding hydrogens is 202 g/mol. The van der Waals surface area contributed by atoms with Crippen molar-refractivity contribution in [2.75, 3.05) is 0 Å². The Labute approximate surface area is 95.6 Å². The second-order valence-electron chi connectivity index (χ2n) is 5.82. The first kappa shape index (κ1) is 10.3. The zero-order chi connectivity index (χ0) is 11.3. The minimum absolute atomic E-state index is 0.498. The van der Waals surface area contributed by atoms with Crippen molar-refractivity contribution in [3.05, 3.63) is 11.7 Å². The van der Waals surface area contributed by atoms with E-state index in [1.54, 1.807) is 0 Å². The SMILES string of the molecule is CC(C)(N)c1noc(C2C3CCCCC32)n1. The van der Waals surface area contributed by atoms with Crippen molar-refractivity contribution in [2.45, 2.75) is 51.0 Å². The molecule has 1 heterocycles. The number of nitrogens with zero attached hydrogens (tertiary/aromatic N) is 2. The predicted molar refractivity (Wildman–Crippen MR) is 59.7 cm³/mol. The largest absolute Gasteiger partial charge is 0.339 e. The molecule has 3 rings (SSSR count). The summed E-state index contributed by atoms with van der Waals surface area (Å²) in [6, 6.07) is 0. The normalized spacial score (nSPS) is 33.6. The molecule has 2 aliphatic carbocycles. The number of hydrogen-bond donors (Lipinski definition) is 1. The van der Waals surface area contributed by atoms with Gasteiger partial charge in [0.1, 0.15) is 0 Å². The lowest BCUT2D eigenvalue weighted by Gasteiger charge is -2.11. The number of fused-ring (bicyclic) bond motifs is 1. The Balaban J connectivity index is 1.79. The highest BCUT2D eigenvalue weighted by Gasteiger charge is 2.54. The molecule has 2 saturated carbocycles. The first-order valence-electron chi connectivity index (χ1n) is 6.20. The van der Waals surface area contributed by atoms with Crippen molar-refractivity contribution in [3.8, 4) is 0 Å². The van der Waals surface area contributed by atoms with Crippen LogP contribution >= 0.6 is 0 Å². The average Bonchev–Trinajstić information content (AvgIpc) is 2.72. The van der Waals surface area contributed by atoms with E-state index >= 15 is 0 Å². The Morgan fingerprint density at radius 3 is 2.38 bits per heavy atom. The fraction of sp³-hybridized carbons (Fsp3) is 0.833. The van der Waals surface area contributed by atoms with E-state index in [-0.39, 0.29) is 0 Å². The van der Waals surface area contributed by atoms with Crippen LogP contribution in [0.25, 0.3) is 0 Å².